The van der Waals surface area contributed by atoms with Crippen molar-refractivity contribution in [2.45, 2.75) is 19.8 Å². The molecule has 0 N–H and O–H groups in total. The lowest BCUT2D eigenvalue weighted by atomic mass is 10.1. The molecule has 0 saturated carbocycles. The Labute approximate surface area is 162 Å². The van der Waals surface area contributed by atoms with E-state index in [9.17, 15) is 14.4 Å². The lowest BCUT2D eigenvalue weighted by Gasteiger charge is -2.36. The van der Waals surface area contributed by atoms with Crippen LogP contribution in [-0.2, 0) is 14.4 Å². The molecular weight excluding hydrogens is 377 g/mol. The number of halogens is 2. The summed E-state index contributed by atoms with van der Waals surface area (Å²) in [4.78, 5) is 40.8. The normalized spacial score (nSPS) is 20.7. The van der Waals surface area contributed by atoms with Crippen LogP contribution in [0.3, 0.4) is 0 Å². The first-order valence-corrected chi connectivity index (χ1v) is 9.48. The van der Waals surface area contributed by atoms with Crippen molar-refractivity contribution in [1.82, 2.24) is 4.90 Å². The minimum absolute atomic E-state index is 0.125. The highest BCUT2D eigenvalue weighted by atomic mass is 35.5. The van der Waals surface area contributed by atoms with Gasteiger partial charge in [0.05, 0.1) is 16.6 Å². The molecule has 2 amide bonds. The number of rotatable bonds is 4. The second-order valence-electron chi connectivity index (χ2n) is 6.57. The Morgan fingerprint density at radius 3 is 2.42 bits per heavy atom. The van der Waals surface area contributed by atoms with Crippen LogP contribution in [0, 0.1) is 5.92 Å². The molecule has 140 valence electrons. The molecule has 0 unspecified atom stereocenters. The van der Waals surface area contributed by atoms with E-state index >= 15 is 0 Å². The molecular formula is C18H21Cl2N3O3. The van der Waals surface area contributed by atoms with Gasteiger partial charge in [0, 0.05) is 51.3 Å². The second kappa shape index (κ2) is 7.84. The maximum absolute atomic E-state index is 12.1. The largest absolute Gasteiger partial charge is 0.367 e. The number of hydrogen-bond donors (Lipinski definition) is 0. The highest BCUT2D eigenvalue weighted by Crippen LogP contribution is 2.34. The molecule has 2 saturated heterocycles. The van der Waals surface area contributed by atoms with E-state index < -0.39 is 11.2 Å². The molecule has 0 radical (unpaired) electrons. The molecule has 26 heavy (non-hydrogen) atoms. The topological polar surface area (TPSA) is 60.9 Å². The van der Waals surface area contributed by atoms with Crippen LogP contribution in [0.1, 0.15) is 19.8 Å². The Morgan fingerprint density at radius 2 is 1.88 bits per heavy atom. The van der Waals surface area contributed by atoms with Crippen molar-refractivity contribution in [2.24, 2.45) is 5.92 Å². The van der Waals surface area contributed by atoms with E-state index in [-0.39, 0.29) is 24.8 Å². The average Bonchev–Trinajstić information content (AvgIpc) is 3.03. The fourth-order valence-electron chi connectivity index (χ4n) is 3.45. The minimum Gasteiger partial charge on any atom is -0.367 e. The van der Waals surface area contributed by atoms with Gasteiger partial charge in [-0.05, 0) is 29.8 Å². The summed E-state index contributed by atoms with van der Waals surface area (Å²) < 4.78 is 0. The van der Waals surface area contributed by atoms with Gasteiger partial charge in [0.1, 0.15) is 0 Å². The summed E-state index contributed by atoms with van der Waals surface area (Å²) in [6.07, 6.45) is 0.653. The second-order valence-corrected chi connectivity index (χ2v) is 7.35. The van der Waals surface area contributed by atoms with Crippen molar-refractivity contribution in [2.75, 3.05) is 42.5 Å². The predicted octanol–water partition coefficient (Wildman–Crippen LogP) is 2.52. The van der Waals surface area contributed by atoms with Crippen molar-refractivity contribution in [1.29, 1.82) is 0 Å². The third-order valence-electron chi connectivity index (χ3n) is 4.96. The molecule has 0 spiro atoms. The van der Waals surface area contributed by atoms with E-state index in [1.165, 1.54) is 0 Å². The monoisotopic (exact) mass is 397 g/mol. The first-order valence-electron chi connectivity index (χ1n) is 8.72. The molecule has 2 fully saturated rings. The quantitative estimate of drug-likeness (QED) is 0.732. The van der Waals surface area contributed by atoms with Crippen molar-refractivity contribution < 1.29 is 14.4 Å². The molecule has 0 aromatic heterocycles. The lowest BCUT2D eigenvalue weighted by Crippen LogP contribution is -2.48. The Balaban J connectivity index is 1.70. The standard InChI is InChI=1S/C18H21Cl2N3O3/c1-2-16(24)22-7-5-21(6-8-22)15-4-3-13(10-14(15)19)23-11-12(18(20)26)9-17(23)25/h3-4,10,12H,2,5-9,11H2,1H3/t12-/m1/s1. The van der Waals surface area contributed by atoms with Crippen LogP contribution in [0.15, 0.2) is 18.2 Å². The Hall–Kier alpha value is -1.79. The number of carbonyl (C=O) groups is 3. The van der Waals surface area contributed by atoms with Gasteiger partial charge in [0.2, 0.25) is 17.1 Å². The van der Waals surface area contributed by atoms with Crippen LogP contribution in [0.4, 0.5) is 11.4 Å². The fourth-order valence-corrected chi connectivity index (χ4v) is 3.89. The summed E-state index contributed by atoms with van der Waals surface area (Å²) in [5.74, 6) is -0.423. The summed E-state index contributed by atoms with van der Waals surface area (Å²) in [6.45, 7) is 4.94. The molecule has 0 aliphatic carbocycles. The van der Waals surface area contributed by atoms with Crippen molar-refractivity contribution in [3.8, 4) is 0 Å². The first-order chi connectivity index (χ1) is 12.4. The predicted molar refractivity (Wildman–Crippen MR) is 102 cm³/mol. The molecule has 2 aliphatic heterocycles. The Bertz CT molecular complexity index is 732. The summed E-state index contributed by atoms with van der Waals surface area (Å²) in [7, 11) is 0. The molecule has 3 rings (SSSR count). The summed E-state index contributed by atoms with van der Waals surface area (Å²) in [6, 6.07) is 5.47. The highest BCUT2D eigenvalue weighted by molar-refractivity contribution is 6.64. The molecule has 8 heteroatoms. The number of piperazine rings is 1. The van der Waals surface area contributed by atoms with Crippen LogP contribution >= 0.6 is 23.2 Å². The molecule has 1 atom stereocenters. The van der Waals surface area contributed by atoms with Gasteiger partial charge in [-0.15, -0.1) is 0 Å². The molecule has 6 nitrogen and oxygen atoms in total. The SMILES string of the molecule is CCC(=O)N1CCN(c2ccc(N3C[C@H](C(=O)Cl)CC3=O)cc2Cl)CC1. The lowest BCUT2D eigenvalue weighted by molar-refractivity contribution is -0.131. The maximum Gasteiger partial charge on any atom is 0.227 e. The van der Waals surface area contributed by atoms with Gasteiger partial charge in [-0.1, -0.05) is 18.5 Å². The smallest absolute Gasteiger partial charge is 0.227 e. The molecule has 2 heterocycles. The highest BCUT2D eigenvalue weighted by Gasteiger charge is 2.34. The van der Waals surface area contributed by atoms with Crippen molar-refractivity contribution >= 4 is 51.6 Å². The zero-order chi connectivity index (χ0) is 18.8. The van der Waals surface area contributed by atoms with Crippen LogP contribution in [-0.4, -0.2) is 54.7 Å². The number of nitrogens with zero attached hydrogens (tertiary/aromatic N) is 3. The third-order valence-corrected chi connectivity index (χ3v) is 5.58. The molecule has 0 bridgehead atoms. The van der Waals surface area contributed by atoms with Gasteiger partial charge >= 0.3 is 0 Å². The number of amides is 2. The maximum atomic E-state index is 12.1. The van der Waals surface area contributed by atoms with Crippen LogP contribution in [0.2, 0.25) is 5.02 Å². The summed E-state index contributed by atoms with van der Waals surface area (Å²) >= 11 is 12.0. The summed E-state index contributed by atoms with van der Waals surface area (Å²) in [5, 5.41) is 0.0642. The van der Waals surface area contributed by atoms with Crippen molar-refractivity contribution in [3.63, 3.8) is 0 Å². The van der Waals surface area contributed by atoms with E-state index in [0.29, 0.717) is 30.2 Å². The van der Waals surface area contributed by atoms with E-state index in [0.717, 1.165) is 18.8 Å². The van der Waals surface area contributed by atoms with Crippen LogP contribution < -0.4 is 9.80 Å². The van der Waals surface area contributed by atoms with Gasteiger partial charge in [0.25, 0.3) is 0 Å². The van der Waals surface area contributed by atoms with Crippen LogP contribution in [0.25, 0.3) is 0 Å². The zero-order valence-corrected chi connectivity index (χ0v) is 16.1. The number of carbonyl (C=O) groups excluding carboxylic acids is 3. The van der Waals surface area contributed by atoms with Gasteiger partial charge < -0.3 is 14.7 Å². The Kier molecular flexibility index (Phi) is 5.73. The van der Waals surface area contributed by atoms with Crippen molar-refractivity contribution in [3.05, 3.63) is 23.2 Å². The van der Waals surface area contributed by atoms with E-state index in [1.54, 1.807) is 11.0 Å². The zero-order valence-electron chi connectivity index (χ0n) is 14.6. The first kappa shape index (κ1) is 19.0. The van der Waals surface area contributed by atoms with E-state index in [1.807, 2.05) is 24.0 Å². The van der Waals surface area contributed by atoms with E-state index in [4.69, 9.17) is 23.2 Å². The summed E-state index contributed by atoms with van der Waals surface area (Å²) in [5.41, 5.74) is 1.56. The average molecular weight is 398 g/mol. The molecule has 2 aliphatic rings. The van der Waals surface area contributed by atoms with Gasteiger partial charge in [-0.2, -0.15) is 0 Å². The third kappa shape index (κ3) is 3.81. The van der Waals surface area contributed by atoms with Gasteiger partial charge in [-0.3, -0.25) is 14.4 Å². The number of hydrogen-bond acceptors (Lipinski definition) is 4. The number of anilines is 2. The fraction of sp³-hybridized carbons (Fsp3) is 0.500. The number of benzene rings is 1. The van der Waals surface area contributed by atoms with Gasteiger partial charge in [0.15, 0.2) is 0 Å². The van der Waals surface area contributed by atoms with Crippen LogP contribution in [0.5, 0.6) is 0 Å². The Morgan fingerprint density at radius 1 is 1.19 bits per heavy atom. The molecule has 1 aromatic carbocycles. The van der Waals surface area contributed by atoms with E-state index in [2.05, 4.69) is 4.90 Å². The van der Waals surface area contributed by atoms with Gasteiger partial charge in [-0.25, -0.2) is 0 Å². The minimum atomic E-state index is -0.483. The molecule has 1 aromatic rings.